The number of ether oxygens (including phenoxy) is 4. The van der Waals surface area contributed by atoms with Gasteiger partial charge in [-0.15, -0.1) is 0 Å². The molecule has 1 saturated heterocycles. The number of carbonyl (C=O) groups is 2. The smallest absolute Gasteiger partial charge is 0.247 e. The van der Waals surface area contributed by atoms with Crippen LogP contribution in [0.2, 0.25) is 0 Å². The Morgan fingerprint density at radius 3 is 2.38 bits per heavy atom. The lowest BCUT2D eigenvalue weighted by Gasteiger charge is -2.27. The number of amides is 2. The van der Waals surface area contributed by atoms with Crippen LogP contribution in [0.15, 0.2) is 66.9 Å². The van der Waals surface area contributed by atoms with E-state index in [0.717, 1.165) is 45.3 Å². The van der Waals surface area contributed by atoms with E-state index in [1.807, 2.05) is 0 Å². The maximum atomic E-state index is 15.7. The number of methoxy groups -OCH3 is 1. The van der Waals surface area contributed by atoms with Crippen molar-refractivity contribution in [1.29, 1.82) is 0 Å². The molecule has 1 aliphatic carbocycles. The maximum Gasteiger partial charge on any atom is 0.247 e. The molecular weight excluding hydrogens is 610 g/mol. The Bertz CT molecular complexity index is 1780. The quantitative estimate of drug-likeness (QED) is 0.156. The van der Waals surface area contributed by atoms with E-state index in [2.05, 4.69) is 9.88 Å². The molecular formula is C35H36F2N4O6. The summed E-state index contributed by atoms with van der Waals surface area (Å²) in [5, 5.41) is 0.572. The van der Waals surface area contributed by atoms with Gasteiger partial charge in [0, 0.05) is 49.0 Å². The highest BCUT2D eigenvalue weighted by Gasteiger charge is 2.64. The first-order valence-electron chi connectivity index (χ1n) is 15.5. The molecule has 1 aliphatic heterocycles. The van der Waals surface area contributed by atoms with E-state index in [1.165, 1.54) is 48.4 Å². The number of hydrogen-bond donors (Lipinski definition) is 1. The summed E-state index contributed by atoms with van der Waals surface area (Å²) >= 11 is 0. The zero-order chi connectivity index (χ0) is 33.1. The molecule has 246 valence electrons. The second kappa shape index (κ2) is 13.5. The summed E-state index contributed by atoms with van der Waals surface area (Å²) < 4.78 is 52.5. The third-order valence-corrected chi connectivity index (χ3v) is 8.78. The van der Waals surface area contributed by atoms with Crippen molar-refractivity contribution in [3.8, 4) is 23.0 Å². The third kappa shape index (κ3) is 6.56. The molecule has 2 heterocycles. The van der Waals surface area contributed by atoms with E-state index in [1.54, 1.807) is 31.3 Å². The van der Waals surface area contributed by atoms with Crippen molar-refractivity contribution >= 4 is 34.1 Å². The minimum atomic E-state index is -1.43. The molecule has 4 aromatic rings. The van der Waals surface area contributed by atoms with Crippen LogP contribution in [0.4, 0.5) is 20.2 Å². The molecule has 0 unspecified atom stereocenters. The van der Waals surface area contributed by atoms with Gasteiger partial charge in [0.15, 0.2) is 23.1 Å². The standard InChI is InChI=1S/C35H36F2N4O6/c1-22-21-35(22,33(38)42)34(43)41(24-6-4-23(36)5-7-24)25-8-9-30(27(37)18-25)47-29-10-11-39-28-20-32(31(44-2)19-26(28)29)46-15-3-12-40-13-16-45-17-14-40/h4-11,18-20,22H,3,12-17,21H2,1-2H3,(H2,38,42)/t22-,35-/m1/s1. The van der Waals surface area contributed by atoms with E-state index in [4.69, 9.17) is 24.7 Å². The molecule has 1 aromatic heterocycles. The first kappa shape index (κ1) is 32.1. The number of primary amides is 1. The van der Waals surface area contributed by atoms with E-state index < -0.39 is 28.9 Å². The van der Waals surface area contributed by atoms with Gasteiger partial charge >= 0.3 is 0 Å². The lowest BCUT2D eigenvalue weighted by atomic mass is 10.00. The van der Waals surface area contributed by atoms with Crippen LogP contribution in [0.5, 0.6) is 23.0 Å². The average molecular weight is 647 g/mol. The van der Waals surface area contributed by atoms with Gasteiger partial charge in [-0.2, -0.15) is 0 Å². The maximum absolute atomic E-state index is 15.7. The number of benzene rings is 3. The number of fused-ring (bicyclic) bond motifs is 1. The number of hydrogen-bond acceptors (Lipinski definition) is 8. The van der Waals surface area contributed by atoms with E-state index in [9.17, 15) is 14.0 Å². The largest absolute Gasteiger partial charge is 0.493 e. The van der Waals surface area contributed by atoms with Crippen molar-refractivity contribution in [2.24, 2.45) is 17.1 Å². The van der Waals surface area contributed by atoms with Gasteiger partial charge in [-0.25, -0.2) is 8.78 Å². The highest BCUT2D eigenvalue weighted by Crippen LogP contribution is 2.54. The minimum Gasteiger partial charge on any atom is -0.493 e. The van der Waals surface area contributed by atoms with Gasteiger partial charge in [-0.3, -0.25) is 24.4 Å². The first-order chi connectivity index (χ1) is 22.7. The van der Waals surface area contributed by atoms with Crippen molar-refractivity contribution in [3.63, 3.8) is 0 Å². The highest BCUT2D eigenvalue weighted by atomic mass is 19.1. The number of rotatable bonds is 12. The number of nitrogens with zero attached hydrogens (tertiary/aromatic N) is 3. The zero-order valence-electron chi connectivity index (χ0n) is 26.2. The molecule has 12 heteroatoms. The minimum absolute atomic E-state index is 0.112. The van der Waals surface area contributed by atoms with Crippen molar-refractivity contribution in [1.82, 2.24) is 9.88 Å². The van der Waals surface area contributed by atoms with Crippen molar-refractivity contribution in [2.75, 3.05) is 51.5 Å². The van der Waals surface area contributed by atoms with Crippen LogP contribution in [0.3, 0.4) is 0 Å². The molecule has 0 radical (unpaired) electrons. The van der Waals surface area contributed by atoms with E-state index >= 15 is 4.39 Å². The lowest BCUT2D eigenvalue weighted by molar-refractivity contribution is -0.134. The molecule has 2 aliphatic rings. The third-order valence-electron chi connectivity index (χ3n) is 8.78. The molecule has 2 N–H and O–H groups in total. The number of carbonyl (C=O) groups excluding carboxylic acids is 2. The Balaban J connectivity index is 1.24. The Kier molecular flexibility index (Phi) is 9.24. The van der Waals surface area contributed by atoms with E-state index in [-0.39, 0.29) is 29.5 Å². The monoisotopic (exact) mass is 646 g/mol. The highest BCUT2D eigenvalue weighted by molar-refractivity contribution is 6.17. The van der Waals surface area contributed by atoms with Crippen LogP contribution >= 0.6 is 0 Å². The van der Waals surface area contributed by atoms with Gasteiger partial charge < -0.3 is 24.7 Å². The van der Waals surface area contributed by atoms with Gasteiger partial charge in [0.05, 0.1) is 38.1 Å². The molecule has 2 amide bonds. The summed E-state index contributed by atoms with van der Waals surface area (Å²) in [4.78, 5) is 34.1. The fourth-order valence-electron chi connectivity index (χ4n) is 5.96. The first-order valence-corrected chi connectivity index (χ1v) is 15.5. The predicted molar refractivity (Wildman–Crippen MR) is 171 cm³/mol. The molecule has 2 atom stereocenters. The lowest BCUT2D eigenvalue weighted by Crippen LogP contribution is -2.42. The molecule has 10 nitrogen and oxygen atoms in total. The second-order valence-corrected chi connectivity index (χ2v) is 11.8. The SMILES string of the molecule is COc1cc2c(Oc3ccc(N(C(=O)[C@]4(C(N)=O)C[C@H]4C)c4ccc(F)cc4)cc3F)ccnc2cc1OCCCN1CCOCC1. The van der Waals surface area contributed by atoms with Crippen LogP contribution in [-0.4, -0.2) is 68.3 Å². The number of aromatic nitrogens is 1. The normalized spacial score (nSPS) is 19.3. The van der Waals surface area contributed by atoms with Gasteiger partial charge in [0.2, 0.25) is 11.8 Å². The van der Waals surface area contributed by atoms with Crippen LogP contribution in [-0.2, 0) is 14.3 Å². The molecule has 0 spiro atoms. The Morgan fingerprint density at radius 1 is 1.00 bits per heavy atom. The van der Waals surface area contributed by atoms with Crippen LogP contribution in [0.25, 0.3) is 10.9 Å². The zero-order valence-corrected chi connectivity index (χ0v) is 26.2. The molecule has 0 bridgehead atoms. The van der Waals surface area contributed by atoms with E-state index in [0.29, 0.717) is 34.8 Å². The Labute approximate surface area is 271 Å². The summed E-state index contributed by atoms with van der Waals surface area (Å²) in [6.07, 6.45) is 2.65. The Morgan fingerprint density at radius 2 is 1.72 bits per heavy atom. The fraction of sp³-hybridized carbons (Fsp3) is 0.343. The van der Waals surface area contributed by atoms with Crippen LogP contribution in [0, 0.1) is 23.0 Å². The summed E-state index contributed by atoms with van der Waals surface area (Å²) in [6.45, 7) is 6.46. The Hall–Kier alpha value is -4.81. The predicted octanol–water partition coefficient (Wildman–Crippen LogP) is 5.59. The molecule has 2 fully saturated rings. The van der Waals surface area contributed by atoms with Gasteiger partial charge in [0.1, 0.15) is 17.0 Å². The van der Waals surface area contributed by atoms with Crippen LogP contribution in [0.1, 0.15) is 19.8 Å². The van der Waals surface area contributed by atoms with Gasteiger partial charge in [-0.05, 0) is 67.3 Å². The van der Waals surface area contributed by atoms with Crippen molar-refractivity contribution < 1.29 is 37.3 Å². The van der Waals surface area contributed by atoms with Crippen LogP contribution < -0.4 is 24.8 Å². The fourth-order valence-corrected chi connectivity index (χ4v) is 5.96. The second-order valence-electron chi connectivity index (χ2n) is 11.8. The number of pyridine rings is 1. The topological polar surface area (TPSA) is 116 Å². The summed E-state index contributed by atoms with van der Waals surface area (Å²) in [5.74, 6) is -1.71. The summed E-state index contributed by atoms with van der Waals surface area (Å²) in [6, 6.07) is 14.2. The summed E-state index contributed by atoms with van der Waals surface area (Å²) in [5.41, 5.74) is 5.17. The summed E-state index contributed by atoms with van der Waals surface area (Å²) in [7, 11) is 1.54. The molecule has 6 rings (SSSR count). The molecule has 1 saturated carbocycles. The van der Waals surface area contributed by atoms with Gasteiger partial charge in [-0.1, -0.05) is 6.92 Å². The van der Waals surface area contributed by atoms with Gasteiger partial charge in [0.25, 0.3) is 0 Å². The van der Waals surface area contributed by atoms with Crippen molar-refractivity contribution in [2.45, 2.75) is 19.8 Å². The average Bonchev–Trinajstić information content (AvgIpc) is 3.77. The van der Waals surface area contributed by atoms with Crippen molar-refractivity contribution in [3.05, 3.63) is 78.5 Å². The molecule has 3 aromatic carbocycles. The number of morpholine rings is 1. The molecule has 47 heavy (non-hydrogen) atoms. The number of anilines is 2. The number of nitrogens with two attached hydrogens (primary N) is 1. The number of halogens is 2.